The fraction of sp³-hybridized carbons (Fsp3) is 0.909. The lowest BCUT2D eigenvalue weighted by Crippen LogP contribution is -2.32. The molecule has 0 aromatic heterocycles. The summed E-state index contributed by atoms with van der Waals surface area (Å²) in [5.74, 6) is 2.58. The number of oxime groups is 1. The van der Waals surface area contributed by atoms with Crippen molar-refractivity contribution >= 4 is 5.84 Å². The van der Waals surface area contributed by atoms with Gasteiger partial charge in [0, 0.05) is 20.0 Å². The van der Waals surface area contributed by atoms with Crippen LogP contribution in [0.15, 0.2) is 5.16 Å². The second-order valence-electron chi connectivity index (χ2n) is 4.48. The van der Waals surface area contributed by atoms with E-state index in [2.05, 4.69) is 17.0 Å². The zero-order valence-corrected chi connectivity index (χ0v) is 9.79. The predicted octanol–water partition coefficient (Wildman–Crippen LogP) is 2.33. The summed E-state index contributed by atoms with van der Waals surface area (Å²) >= 11 is 0. The quantitative estimate of drug-likeness (QED) is 0.386. The summed E-state index contributed by atoms with van der Waals surface area (Å²) in [4.78, 5) is 6.97. The molecule has 0 spiro atoms. The van der Waals surface area contributed by atoms with Crippen LogP contribution in [0.5, 0.6) is 0 Å². The zero-order chi connectivity index (χ0) is 10.6. The highest BCUT2D eigenvalue weighted by Crippen LogP contribution is 2.29. The van der Waals surface area contributed by atoms with Gasteiger partial charge in [-0.25, -0.2) is 0 Å². The standard InChI is InChI=1S/C11H22N2O/c1-9-5-7-10(8-6-9)11(12-14-4)13(2)3/h9-10H,5-8H2,1-4H3/b12-11-. The van der Waals surface area contributed by atoms with Crippen molar-refractivity contribution in [1.82, 2.24) is 4.90 Å². The first kappa shape index (κ1) is 11.3. The monoisotopic (exact) mass is 198 g/mol. The highest BCUT2D eigenvalue weighted by atomic mass is 16.6. The lowest BCUT2D eigenvalue weighted by atomic mass is 9.82. The van der Waals surface area contributed by atoms with Gasteiger partial charge in [0.15, 0.2) is 0 Å². The van der Waals surface area contributed by atoms with E-state index in [0.717, 1.165) is 11.8 Å². The summed E-state index contributed by atoms with van der Waals surface area (Å²) in [6, 6.07) is 0. The van der Waals surface area contributed by atoms with Crippen LogP contribution in [0, 0.1) is 11.8 Å². The molecule has 1 aliphatic carbocycles. The summed E-state index contributed by atoms with van der Waals surface area (Å²) in [6.45, 7) is 2.33. The average molecular weight is 198 g/mol. The number of rotatable bonds is 2. The van der Waals surface area contributed by atoms with Gasteiger partial charge in [0.05, 0.1) is 0 Å². The first-order valence-electron chi connectivity index (χ1n) is 5.43. The van der Waals surface area contributed by atoms with E-state index in [-0.39, 0.29) is 0 Å². The van der Waals surface area contributed by atoms with E-state index in [1.807, 2.05) is 14.1 Å². The molecular formula is C11H22N2O. The van der Waals surface area contributed by atoms with Crippen LogP contribution in [0.2, 0.25) is 0 Å². The maximum atomic E-state index is 4.89. The van der Waals surface area contributed by atoms with Crippen molar-refractivity contribution in [3.05, 3.63) is 0 Å². The normalized spacial score (nSPS) is 28.7. The van der Waals surface area contributed by atoms with E-state index in [1.165, 1.54) is 25.7 Å². The Morgan fingerprint density at radius 3 is 2.21 bits per heavy atom. The minimum atomic E-state index is 0.598. The molecule has 3 nitrogen and oxygen atoms in total. The molecule has 82 valence electrons. The summed E-state index contributed by atoms with van der Waals surface area (Å²) in [6.07, 6.45) is 5.14. The first-order chi connectivity index (χ1) is 6.65. The molecular weight excluding hydrogens is 176 g/mol. The molecule has 1 saturated carbocycles. The Hall–Kier alpha value is -0.730. The number of amidine groups is 1. The molecule has 0 heterocycles. The van der Waals surface area contributed by atoms with Gasteiger partial charge in [0.25, 0.3) is 0 Å². The summed E-state index contributed by atoms with van der Waals surface area (Å²) in [7, 11) is 5.70. The van der Waals surface area contributed by atoms with Crippen molar-refractivity contribution in [2.75, 3.05) is 21.2 Å². The molecule has 0 aliphatic heterocycles. The lowest BCUT2D eigenvalue weighted by molar-refractivity contribution is 0.200. The Labute approximate surface area is 87.1 Å². The number of nitrogens with zero attached hydrogens (tertiary/aromatic N) is 2. The third-order valence-electron chi connectivity index (χ3n) is 3.02. The second kappa shape index (κ2) is 5.23. The summed E-state index contributed by atoms with van der Waals surface area (Å²) < 4.78 is 0. The molecule has 3 heteroatoms. The molecule has 0 saturated heterocycles. The average Bonchev–Trinajstić information content (AvgIpc) is 2.15. The highest BCUT2D eigenvalue weighted by molar-refractivity contribution is 5.83. The van der Waals surface area contributed by atoms with E-state index < -0.39 is 0 Å². The molecule has 0 aromatic rings. The Kier molecular flexibility index (Phi) is 4.23. The third kappa shape index (κ3) is 2.89. The summed E-state index contributed by atoms with van der Waals surface area (Å²) in [5.41, 5.74) is 0. The molecule has 0 amide bonds. The minimum Gasteiger partial charge on any atom is -0.398 e. The van der Waals surface area contributed by atoms with Crippen LogP contribution < -0.4 is 0 Å². The van der Waals surface area contributed by atoms with Crippen molar-refractivity contribution in [1.29, 1.82) is 0 Å². The predicted molar refractivity (Wildman–Crippen MR) is 59.3 cm³/mol. The second-order valence-corrected chi connectivity index (χ2v) is 4.48. The molecule has 0 aromatic carbocycles. The fourth-order valence-electron chi connectivity index (χ4n) is 2.13. The molecule has 0 bridgehead atoms. The largest absolute Gasteiger partial charge is 0.398 e. The van der Waals surface area contributed by atoms with Gasteiger partial charge in [-0.05, 0) is 18.8 Å². The van der Waals surface area contributed by atoms with Crippen LogP contribution in [-0.4, -0.2) is 31.9 Å². The van der Waals surface area contributed by atoms with Crippen molar-refractivity contribution in [2.45, 2.75) is 32.6 Å². The van der Waals surface area contributed by atoms with Crippen LogP contribution in [0.25, 0.3) is 0 Å². The van der Waals surface area contributed by atoms with Crippen LogP contribution in [0.1, 0.15) is 32.6 Å². The van der Waals surface area contributed by atoms with Gasteiger partial charge in [0.1, 0.15) is 12.9 Å². The topological polar surface area (TPSA) is 24.8 Å². The van der Waals surface area contributed by atoms with Crippen molar-refractivity contribution in [3.8, 4) is 0 Å². The number of hydrogen-bond donors (Lipinski definition) is 0. The third-order valence-corrected chi connectivity index (χ3v) is 3.02. The molecule has 0 N–H and O–H groups in total. The van der Waals surface area contributed by atoms with Crippen LogP contribution in [0.4, 0.5) is 0 Å². The van der Waals surface area contributed by atoms with Gasteiger partial charge in [0.2, 0.25) is 0 Å². The van der Waals surface area contributed by atoms with Crippen LogP contribution in [0.3, 0.4) is 0 Å². The molecule has 0 atom stereocenters. The van der Waals surface area contributed by atoms with Gasteiger partial charge in [-0.15, -0.1) is 0 Å². The molecule has 14 heavy (non-hydrogen) atoms. The smallest absolute Gasteiger partial charge is 0.147 e. The maximum Gasteiger partial charge on any atom is 0.147 e. The van der Waals surface area contributed by atoms with Gasteiger partial charge >= 0.3 is 0 Å². The van der Waals surface area contributed by atoms with E-state index in [1.54, 1.807) is 7.11 Å². The number of hydrogen-bond acceptors (Lipinski definition) is 2. The van der Waals surface area contributed by atoms with E-state index in [0.29, 0.717) is 5.92 Å². The zero-order valence-electron chi connectivity index (χ0n) is 9.79. The van der Waals surface area contributed by atoms with Gasteiger partial charge in [-0.1, -0.05) is 24.9 Å². The van der Waals surface area contributed by atoms with Gasteiger partial charge < -0.3 is 9.74 Å². The van der Waals surface area contributed by atoms with Crippen LogP contribution >= 0.6 is 0 Å². The SMILES string of the molecule is CO/N=C(/C1CCC(C)CC1)N(C)C. The Morgan fingerprint density at radius 2 is 1.79 bits per heavy atom. The first-order valence-corrected chi connectivity index (χ1v) is 5.43. The van der Waals surface area contributed by atoms with E-state index in [4.69, 9.17) is 4.84 Å². The van der Waals surface area contributed by atoms with Crippen molar-refractivity contribution in [2.24, 2.45) is 17.0 Å². The van der Waals surface area contributed by atoms with Gasteiger partial charge in [-0.2, -0.15) is 0 Å². The molecule has 0 unspecified atom stereocenters. The van der Waals surface area contributed by atoms with Crippen molar-refractivity contribution < 1.29 is 4.84 Å². The van der Waals surface area contributed by atoms with Crippen LogP contribution in [-0.2, 0) is 4.84 Å². The van der Waals surface area contributed by atoms with Gasteiger partial charge in [-0.3, -0.25) is 0 Å². The minimum absolute atomic E-state index is 0.598. The highest BCUT2D eigenvalue weighted by Gasteiger charge is 2.24. The molecule has 1 aliphatic rings. The molecule has 1 fully saturated rings. The van der Waals surface area contributed by atoms with E-state index >= 15 is 0 Å². The Bertz CT molecular complexity index is 193. The Balaban J connectivity index is 2.57. The molecule has 1 rings (SSSR count). The fourth-order valence-corrected chi connectivity index (χ4v) is 2.13. The summed E-state index contributed by atoms with van der Waals surface area (Å²) in [5, 5.41) is 4.11. The maximum absolute atomic E-state index is 4.89. The Morgan fingerprint density at radius 1 is 1.21 bits per heavy atom. The van der Waals surface area contributed by atoms with E-state index in [9.17, 15) is 0 Å². The van der Waals surface area contributed by atoms with Crippen molar-refractivity contribution in [3.63, 3.8) is 0 Å². The molecule has 0 radical (unpaired) electrons. The lowest BCUT2D eigenvalue weighted by Gasteiger charge is -2.29.